The molecule has 0 saturated heterocycles. The predicted molar refractivity (Wildman–Crippen MR) is 67.7 cm³/mol. The molecular weight excluding hydrogens is 232 g/mol. The van der Waals surface area contributed by atoms with Gasteiger partial charge in [0.15, 0.2) is 0 Å². The molecule has 1 aromatic carbocycles. The van der Waals surface area contributed by atoms with E-state index in [0.717, 1.165) is 5.56 Å². The summed E-state index contributed by atoms with van der Waals surface area (Å²) in [6.07, 6.45) is 3.17. The number of carboxylic acids is 2. The third-order valence-corrected chi connectivity index (χ3v) is 2.72. The van der Waals surface area contributed by atoms with Crippen molar-refractivity contribution in [3.05, 3.63) is 48.0 Å². The van der Waals surface area contributed by atoms with Gasteiger partial charge in [-0.25, -0.2) is 4.79 Å². The van der Waals surface area contributed by atoms with Crippen LogP contribution >= 0.6 is 0 Å². The van der Waals surface area contributed by atoms with Crippen LogP contribution in [0, 0.1) is 5.92 Å². The Kier molecular flexibility index (Phi) is 5.11. The summed E-state index contributed by atoms with van der Waals surface area (Å²) >= 11 is 0. The lowest BCUT2D eigenvalue weighted by Gasteiger charge is -2.11. The number of rotatable bonds is 7. The zero-order chi connectivity index (χ0) is 13.5. The average Bonchev–Trinajstić information content (AvgIpc) is 2.34. The van der Waals surface area contributed by atoms with Crippen molar-refractivity contribution in [1.29, 1.82) is 0 Å². The number of carbonyl (C=O) groups is 2. The predicted octanol–water partition coefficient (Wildman–Crippen LogP) is 2.59. The first-order chi connectivity index (χ1) is 8.54. The van der Waals surface area contributed by atoms with Crippen LogP contribution in [0.15, 0.2) is 36.9 Å². The van der Waals surface area contributed by atoms with Crippen LogP contribution in [0.3, 0.4) is 0 Å². The van der Waals surface area contributed by atoms with E-state index in [2.05, 4.69) is 6.58 Å². The molecule has 4 nitrogen and oxygen atoms in total. The van der Waals surface area contributed by atoms with Crippen LogP contribution in [-0.2, 0) is 11.2 Å². The number of carboxylic acid groups (broad SMARTS) is 2. The molecule has 1 rings (SSSR count). The molecule has 1 unspecified atom stereocenters. The van der Waals surface area contributed by atoms with E-state index in [-0.39, 0.29) is 5.56 Å². The van der Waals surface area contributed by atoms with Crippen molar-refractivity contribution in [2.75, 3.05) is 0 Å². The normalized spacial score (nSPS) is 11.8. The van der Waals surface area contributed by atoms with Crippen LogP contribution in [-0.4, -0.2) is 22.2 Å². The highest BCUT2D eigenvalue weighted by Gasteiger charge is 2.17. The molecule has 0 spiro atoms. The summed E-state index contributed by atoms with van der Waals surface area (Å²) < 4.78 is 0. The molecule has 0 radical (unpaired) electrons. The summed E-state index contributed by atoms with van der Waals surface area (Å²) in [4.78, 5) is 21.9. The van der Waals surface area contributed by atoms with E-state index in [1.807, 2.05) is 0 Å². The Balaban J connectivity index is 2.80. The average molecular weight is 248 g/mol. The van der Waals surface area contributed by atoms with Gasteiger partial charge >= 0.3 is 11.9 Å². The number of hydrogen-bond acceptors (Lipinski definition) is 2. The fourth-order valence-corrected chi connectivity index (χ4v) is 1.75. The van der Waals surface area contributed by atoms with E-state index in [9.17, 15) is 9.59 Å². The Morgan fingerprint density at radius 1 is 1.33 bits per heavy atom. The van der Waals surface area contributed by atoms with Crippen molar-refractivity contribution < 1.29 is 19.8 Å². The van der Waals surface area contributed by atoms with E-state index in [4.69, 9.17) is 10.2 Å². The van der Waals surface area contributed by atoms with Gasteiger partial charge in [0.1, 0.15) is 0 Å². The third-order valence-electron chi connectivity index (χ3n) is 2.72. The fraction of sp³-hybridized carbons (Fsp3) is 0.286. The maximum Gasteiger partial charge on any atom is 0.335 e. The lowest BCUT2D eigenvalue weighted by atomic mass is 9.94. The maximum atomic E-state index is 11.1. The van der Waals surface area contributed by atoms with Crippen LogP contribution < -0.4 is 0 Å². The molecular formula is C14H16O4. The molecule has 2 N–H and O–H groups in total. The van der Waals surface area contributed by atoms with E-state index in [1.165, 1.54) is 12.1 Å². The molecule has 96 valence electrons. The van der Waals surface area contributed by atoms with Crippen LogP contribution in [0.1, 0.15) is 28.8 Å². The standard InChI is InChI=1S/C14H16O4/c1-2-3-6-11(13(15)16)8-10-5-4-7-12(9-10)14(17)18/h2,4-5,7,9,11H,1,3,6,8H2,(H,15,16)(H,17,18). The van der Waals surface area contributed by atoms with Crippen molar-refractivity contribution in [2.45, 2.75) is 19.3 Å². The van der Waals surface area contributed by atoms with Crippen LogP contribution in [0.4, 0.5) is 0 Å². The van der Waals surface area contributed by atoms with Gasteiger partial charge in [-0.3, -0.25) is 4.79 Å². The van der Waals surface area contributed by atoms with Gasteiger partial charge in [-0.05, 0) is 37.0 Å². The second-order valence-electron chi connectivity index (χ2n) is 4.11. The van der Waals surface area contributed by atoms with Crippen molar-refractivity contribution in [2.24, 2.45) is 5.92 Å². The quantitative estimate of drug-likeness (QED) is 0.727. The van der Waals surface area contributed by atoms with Crippen molar-refractivity contribution in [1.82, 2.24) is 0 Å². The van der Waals surface area contributed by atoms with Gasteiger partial charge in [-0.15, -0.1) is 6.58 Å². The fourth-order valence-electron chi connectivity index (χ4n) is 1.75. The van der Waals surface area contributed by atoms with Crippen LogP contribution in [0.25, 0.3) is 0 Å². The minimum absolute atomic E-state index is 0.181. The lowest BCUT2D eigenvalue weighted by molar-refractivity contribution is -0.141. The largest absolute Gasteiger partial charge is 0.481 e. The number of hydrogen-bond donors (Lipinski definition) is 2. The highest BCUT2D eigenvalue weighted by atomic mass is 16.4. The number of aliphatic carboxylic acids is 1. The van der Waals surface area contributed by atoms with Crippen molar-refractivity contribution >= 4 is 11.9 Å². The summed E-state index contributed by atoms with van der Waals surface area (Å²) in [6.45, 7) is 3.57. The molecule has 1 atom stereocenters. The second-order valence-corrected chi connectivity index (χ2v) is 4.11. The van der Waals surface area contributed by atoms with E-state index in [1.54, 1.807) is 18.2 Å². The molecule has 18 heavy (non-hydrogen) atoms. The highest BCUT2D eigenvalue weighted by Crippen LogP contribution is 2.16. The first kappa shape index (κ1) is 14.0. The summed E-state index contributed by atoms with van der Waals surface area (Å²) in [6, 6.07) is 6.39. The smallest absolute Gasteiger partial charge is 0.335 e. The van der Waals surface area contributed by atoms with Gasteiger partial charge in [-0.2, -0.15) is 0 Å². The maximum absolute atomic E-state index is 11.1. The second kappa shape index (κ2) is 6.59. The van der Waals surface area contributed by atoms with Crippen molar-refractivity contribution in [3.63, 3.8) is 0 Å². The Labute approximate surface area is 106 Å². The summed E-state index contributed by atoms with van der Waals surface area (Å²) in [5, 5.41) is 18.0. The zero-order valence-corrected chi connectivity index (χ0v) is 10.0. The minimum atomic E-state index is -1.00. The van der Waals surface area contributed by atoms with Gasteiger partial charge in [0, 0.05) is 0 Å². The van der Waals surface area contributed by atoms with E-state index < -0.39 is 17.9 Å². The lowest BCUT2D eigenvalue weighted by Crippen LogP contribution is -2.16. The molecule has 0 aromatic heterocycles. The Morgan fingerprint density at radius 3 is 2.61 bits per heavy atom. The molecule has 0 aliphatic carbocycles. The molecule has 0 bridgehead atoms. The Bertz CT molecular complexity index is 451. The third kappa shape index (κ3) is 4.05. The SMILES string of the molecule is C=CCCC(Cc1cccc(C(=O)O)c1)C(=O)O. The monoisotopic (exact) mass is 248 g/mol. The summed E-state index contributed by atoms with van der Waals surface area (Å²) in [7, 11) is 0. The van der Waals surface area contributed by atoms with Crippen molar-refractivity contribution in [3.8, 4) is 0 Å². The minimum Gasteiger partial charge on any atom is -0.481 e. The van der Waals surface area contributed by atoms with Crippen LogP contribution in [0.2, 0.25) is 0 Å². The summed E-state index contributed by atoms with van der Waals surface area (Å²) in [5.41, 5.74) is 0.909. The molecule has 0 aliphatic rings. The molecule has 1 aromatic rings. The van der Waals surface area contributed by atoms with E-state index in [0.29, 0.717) is 19.3 Å². The Morgan fingerprint density at radius 2 is 2.06 bits per heavy atom. The number of aromatic carboxylic acids is 1. The Hall–Kier alpha value is -2.10. The molecule has 0 aliphatic heterocycles. The number of allylic oxidation sites excluding steroid dienone is 1. The van der Waals surface area contributed by atoms with Gasteiger partial charge in [-0.1, -0.05) is 18.2 Å². The molecule has 0 saturated carbocycles. The summed E-state index contributed by atoms with van der Waals surface area (Å²) in [5.74, 6) is -2.38. The first-order valence-electron chi connectivity index (χ1n) is 5.70. The zero-order valence-electron chi connectivity index (χ0n) is 10.0. The molecule has 0 fully saturated rings. The number of benzene rings is 1. The van der Waals surface area contributed by atoms with Gasteiger partial charge in [0.25, 0.3) is 0 Å². The molecule has 0 amide bonds. The van der Waals surface area contributed by atoms with Gasteiger partial charge in [0.05, 0.1) is 11.5 Å². The molecule has 4 heteroatoms. The van der Waals surface area contributed by atoms with Gasteiger partial charge in [0.2, 0.25) is 0 Å². The van der Waals surface area contributed by atoms with Crippen LogP contribution in [0.5, 0.6) is 0 Å². The van der Waals surface area contributed by atoms with E-state index >= 15 is 0 Å². The highest BCUT2D eigenvalue weighted by molar-refractivity contribution is 5.87. The first-order valence-corrected chi connectivity index (χ1v) is 5.70. The van der Waals surface area contributed by atoms with Gasteiger partial charge < -0.3 is 10.2 Å². The topological polar surface area (TPSA) is 74.6 Å². The molecule has 0 heterocycles.